The van der Waals surface area contributed by atoms with Gasteiger partial charge in [-0.3, -0.25) is 9.58 Å². The van der Waals surface area contributed by atoms with E-state index < -0.39 is 0 Å². The molecule has 2 heterocycles. The third kappa shape index (κ3) is 3.40. The first-order chi connectivity index (χ1) is 8.28. The van der Waals surface area contributed by atoms with Gasteiger partial charge in [-0.05, 0) is 19.2 Å². The molecular formula is C11H17N5O. The minimum Gasteiger partial charge on any atom is -0.468 e. The predicted octanol–water partition coefficient (Wildman–Crippen LogP) is 0.462. The van der Waals surface area contributed by atoms with E-state index in [1.54, 1.807) is 10.9 Å². The lowest BCUT2D eigenvalue weighted by molar-refractivity contribution is 0.278. The maximum absolute atomic E-state index is 5.47. The third-order valence-electron chi connectivity index (χ3n) is 2.51. The molecule has 0 fully saturated rings. The first-order valence-electron chi connectivity index (χ1n) is 5.58. The van der Waals surface area contributed by atoms with Gasteiger partial charge in [0, 0.05) is 19.3 Å². The van der Waals surface area contributed by atoms with Crippen molar-refractivity contribution in [2.24, 2.45) is 5.73 Å². The molecule has 0 aromatic carbocycles. The molecular weight excluding hydrogens is 218 g/mol. The van der Waals surface area contributed by atoms with Crippen molar-refractivity contribution in [3.63, 3.8) is 0 Å². The summed E-state index contributed by atoms with van der Waals surface area (Å²) in [6, 6.07) is 3.87. The van der Waals surface area contributed by atoms with Crippen LogP contribution in [0.25, 0.3) is 0 Å². The highest BCUT2D eigenvalue weighted by Crippen LogP contribution is 2.03. The topological polar surface area (TPSA) is 73.1 Å². The van der Waals surface area contributed by atoms with E-state index in [1.807, 2.05) is 25.4 Å². The molecule has 2 N–H and O–H groups in total. The second-order valence-electron chi connectivity index (χ2n) is 3.99. The molecule has 6 nitrogen and oxygen atoms in total. The Kier molecular flexibility index (Phi) is 3.89. The number of likely N-dealkylation sites (N-methyl/N-ethyl adjacent to an activating group) is 1. The van der Waals surface area contributed by atoms with Crippen LogP contribution in [0.5, 0.6) is 0 Å². The van der Waals surface area contributed by atoms with E-state index in [0.29, 0.717) is 6.54 Å². The van der Waals surface area contributed by atoms with Gasteiger partial charge < -0.3 is 10.2 Å². The molecule has 6 heteroatoms. The molecule has 92 valence electrons. The van der Waals surface area contributed by atoms with Gasteiger partial charge in [0.25, 0.3) is 0 Å². The Morgan fingerprint density at radius 3 is 3.06 bits per heavy atom. The Morgan fingerprint density at radius 1 is 1.53 bits per heavy atom. The number of rotatable bonds is 6. The summed E-state index contributed by atoms with van der Waals surface area (Å²) in [5.74, 6) is 0.966. The molecule has 0 bridgehead atoms. The van der Waals surface area contributed by atoms with Crippen LogP contribution in [0.4, 0.5) is 0 Å². The molecule has 0 amide bonds. The van der Waals surface area contributed by atoms with Gasteiger partial charge >= 0.3 is 0 Å². The van der Waals surface area contributed by atoms with E-state index >= 15 is 0 Å². The van der Waals surface area contributed by atoms with E-state index in [-0.39, 0.29) is 0 Å². The minimum atomic E-state index is 0.433. The van der Waals surface area contributed by atoms with Crippen molar-refractivity contribution in [2.75, 3.05) is 13.6 Å². The summed E-state index contributed by atoms with van der Waals surface area (Å²) in [6.07, 6.45) is 3.56. The van der Waals surface area contributed by atoms with Gasteiger partial charge in [-0.15, -0.1) is 5.10 Å². The second-order valence-corrected chi connectivity index (χ2v) is 3.99. The maximum atomic E-state index is 5.47. The maximum Gasteiger partial charge on any atom is 0.117 e. The van der Waals surface area contributed by atoms with Crippen LogP contribution < -0.4 is 5.73 Å². The Labute approximate surface area is 100 Å². The zero-order valence-corrected chi connectivity index (χ0v) is 9.91. The number of hydrogen-bond acceptors (Lipinski definition) is 5. The van der Waals surface area contributed by atoms with Crippen molar-refractivity contribution < 1.29 is 4.42 Å². The summed E-state index contributed by atoms with van der Waals surface area (Å²) >= 11 is 0. The lowest BCUT2D eigenvalue weighted by Gasteiger charge is -2.14. The van der Waals surface area contributed by atoms with Crippen LogP contribution in [0.3, 0.4) is 0 Å². The standard InChI is InChI=1S/C11H17N5O/c1-15(9-11-3-2-6-17-11)4-5-16-8-10(7-12)13-14-16/h2-3,6,8H,4-5,7,9,12H2,1H3. The smallest absolute Gasteiger partial charge is 0.117 e. The highest BCUT2D eigenvalue weighted by atomic mass is 16.3. The Morgan fingerprint density at radius 2 is 2.41 bits per heavy atom. The van der Waals surface area contributed by atoms with Crippen molar-refractivity contribution in [1.82, 2.24) is 19.9 Å². The molecule has 0 aliphatic heterocycles. The van der Waals surface area contributed by atoms with Gasteiger partial charge in [-0.25, -0.2) is 0 Å². The summed E-state index contributed by atoms with van der Waals surface area (Å²) in [5.41, 5.74) is 6.29. The number of aromatic nitrogens is 3. The summed E-state index contributed by atoms with van der Waals surface area (Å²) in [4.78, 5) is 2.17. The zero-order chi connectivity index (χ0) is 12.1. The van der Waals surface area contributed by atoms with Crippen molar-refractivity contribution >= 4 is 0 Å². The molecule has 2 aromatic rings. The summed E-state index contributed by atoms with van der Waals surface area (Å²) < 4.78 is 7.09. The third-order valence-corrected chi connectivity index (χ3v) is 2.51. The molecule has 0 atom stereocenters. The number of nitrogens with two attached hydrogens (primary N) is 1. The van der Waals surface area contributed by atoms with Crippen LogP contribution in [0.2, 0.25) is 0 Å². The number of furan rings is 1. The second kappa shape index (κ2) is 5.60. The zero-order valence-electron chi connectivity index (χ0n) is 9.91. The normalized spacial score (nSPS) is 11.2. The summed E-state index contributed by atoms with van der Waals surface area (Å²) in [5, 5.41) is 7.93. The fraction of sp³-hybridized carbons (Fsp3) is 0.455. The van der Waals surface area contributed by atoms with Crippen molar-refractivity contribution in [1.29, 1.82) is 0 Å². The van der Waals surface area contributed by atoms with Crippen LogP contribution in [-0.4, -0.2) is 33.5 Å². The lowest BCUT2D eigenvalue weighted by atomic mass is 10.4. The van der Waals surface area contributed by atoms with Crippen LogP contribution in [0, 0.1) is 0 Å². The summed E-state index contributed by atoms with van der Waals surface area (Å²) in [7, 11) is 2.04. The monoisotopic (exact) mass is 235 g/mol. The quantitative estimate of drug-likeness (QED) is 0.787. The average Bonchev–Trinajstić information content (AvgIpc) is 2.96. The van der Waals surface area contributed by atoms with Gasteiger partial charge in [-0.1, -0.05) is 5.21 Å². The highest BCUT2D eigenvalue weighted by molar-refractivity contribution is 4.97. The first-order valence-corrected chi connectivity index (χ1v) is 5.58. The predicted molar refractivity (Wildman–Crippen MR) is 63.0 cm³/mol. The van der Waals surface area contributed by atoms with Gasteiger partial charge in [0.1, 0.15) is 5.76 Å². The van der Waals surface area contributed by atoms with Gasteiger partial charge in [0.15, 0.2) is 0 Å². The Balaban J connectivity index is 1.77. The van der Waals surface area contributed by atoms with E-state index in [1.165, 1.54) is 0 Å². The Bertz CT molecular complexity index is 436. The molecule has 17 heavy (non-hydrogen) atoms. The first kappa shape index (κ1) is 11.8. The van der Waals surface area contributed by atoms with Crippen LogP contribution in [0.1, 0.15) is 11.5 Å². The molecule has 0 unspecified atom stereocenters. The molecule has 2 aromatic heterocycles. The van der Waals surface area contributed by atoms with Crippen LogP contribution in [-0.2, 0) is 19.6 Å². The van der Waals surface area contributed by atoms with Crippen LogP contribution in [0.15, 0.2) is 29.0 Å². The van der Waals surface area contributed by atoms with Crippen molar-refractivity contribution in [3.05, 3.63) is 36.0 Å². The van der Waals surface area contributed by atoms with Gasteiger partial charge in [0.2, 0.25) is 0 Å². The molecule has 0 saturated heterocycles. The van der Waals surface area contributed by atoms with E-state index in [0.717, 1.165) is 31.1 Å². The van der Waals surface area contributed by atoms with E-state index in [4.69, 9.17) is 10.2 Å². The highest BCUT2D eigenvalue weighted by Gasteiger charge is 2.04. The number of nitrogens with zero attached hydrogens (tertiary/aromatic N) is 4. The molecule has 0 aliphatic rings. The van der Waals surface area contributed by atoms with Crippen molar-refractivity contribution in [2.45, 2.75) is 19.6 Å². The Hall–Kier alpha value is -1.66. The van der Waals surface area contributed by atoms with Gasteiger partial charge in [-0.2, -0.15) is 0 Å². The minimum absolute atomic E-state index is 0.433. The van der Waals surface area contributed by atoms with Gasteiger partial charge in [0.05, 0.1) is 25.0 Å². The molecule has 0 aliphatic carbocycles. The van der Waals surface area contributed by atoms with Crippen molar-refractivity contribution in [3.8, 4) is 0 Å². The largest absolute Gasteiger partial charge is 0.468 e. The molecule has 2 rings (SSSR count). The summed E-state index contributed by atoms with van der Waals surface area (Å²) in [6.45, 7) is 2.91. The lowest BCUT2D eigenvalue weighted by Crippen LogP contribution is -2.22. The van der Waals surface area contributed by atoms with E-state index in [2.05, 4.69) is 15.2 Å². The molecule has 0 saturated carbocycles. The molecule has 0 radical (unpaired) electrons. The molecule has 0 spiro atoms. The average molecular weight is 235 g/mol. The fourth-order valence-corrected chi connectivity index (χ4v) is 1.56. The SMILES string of the molecule is CN(CCn1cc(CN)nn1)Cc1ccco1. The van der Waals surface area contributed by atoms with E-state index in [9.17, 15) is 0 Å². The van der Waals surface area contributed by atoms with Crippen LogP contribution >= 0.6 is 0 Å². The fourth-order valence-electron chi connectivity index (χ4n) is 1.56. The number of hydrogen-bond donors (Lipinski definition) is 1.